The molecule has 1 aromatic carbocycles. The van der Waals surface area contributed by atoms with Gasteiger partial charge in [0.2, 0.25) is 0 Å². The summed E-state index contributed by atoms with van der Waals surface area (Å²) in [4.78, 5) is 9.00. The number of anilines is 1. The quantitative estimate of drug-likeness (QED) is 0.796. The first-order valence-corrected chi connectivity index (χ1v) is 7.24. The highest BCUT2D eigenvalue weighted by atomic mass is 15.1. The van der Waals surface area contributed by atoms with E-state index in [1.54, 1.807) is 6.20 Å². The Bertz CT molecular complexity index is 787. The van der Waals surface area contributed by atoms with Gasteiger partial charge in [0, 0.05) is 23.7 Å². The predicted octanol–water partition coefficient (Wildman–Crippen LogP) is 3.64. The molecule has 0 saturated heterocycles. The van der Waals surface area contributed by atoms with Crippen LogP contribution in [0.25, 0.3) is 22.2 Å². The Morgan fingerprint density at radius 2 is 2.05 bits per heavy atom. The summed E-state index contributed by atoms with van der Waals surface area (Å²) in [5, 5.41) is 1.10. The molecule has 4 nitrogen and oxygen atoms in total. The molecule has 3 rings (SSSR count). The molecular weight excluding hydrogens is 260 g/mol. The molecule has 3 aromatic rings. The average molecular weight is 280 g/mol. The van der Waals surface area contributed by atoms with Gasteiger partial charge < -0.3 is 10.3 Å². The summed E-state index contributed by atoms with van der Waals surface area (Å²) >= 11 is 0. The van der Waals surface area contributed by atoms with E-state index < -0.39 is 0 Å². The van der Waals surface area contributed by atoms with E-state index in [0.29, 0.717) is 5.92 Å². The SMILES string of the molecule is Cc1nc(-c2ccc3ncccc3c2)c(N)n1CC(C)C. The van der Waals surface area contributed by atoms with E-state index in [1.807, 2.05) is 25.1 Å². The Hall–Kier alpha value is -2.36. The monoisotopic (exact) mass is 280 g/mol. The van der Waals surface area contributed by atoms with Gasteiger partial charge in [0.25, 0.3) is 0 Å². The molecule has 0 aliphatic carbocycles. The van der Waals surface area contributed by atoms with E-state index in [0.717, 1.165) is 40.3 Å². The summed E-state index contributed by atoms with van der Waals surface area (Å²) in [5.41, 5.74) is 9.20. The highest BCUT2D eigenvalue weighted by Crippen LogP contribution is 2.29. The smallest absolute Gasteiger partial charge is 0.131 e. The van der Waals surface area contributed by atoms with Crippen LogP contribution in [0.2, 0.25) is 0 Å². The second-order valence-corrected chi connectivity index (χ2v) is 5.81. The second kappa shape index (κ2) is 5.20. The molecule has 4 heteroatoms. The number of nitrogen functional groups attached to an aromatic ring is 1. The number of nitrogens with zero attached hydrogens (tertiary/aromatic N) is 3. The molecule has 0 atom stereocenters. The van der Waals surface area contributed by atoms with E-state index in [1.165, 1.54) is 0 Å². The van der Waals surface area contributed by atoms with Crippen LogP contribution < -0.4 is 5.73 Å². The minimum atomic E-state index is 0.536. The molecule has 0 spiro atoms. The van der Waals surface area contributed by atoms with Crippen LogP contribution in [0.15, 0.2) is 36.5 Å². The fourth-order valence-corrected chi connectivity index (χ4v) is 2.61. The predicted molar refractivity (Wildman–Crippen MR) is 87.0 cm³/mol. The summed E-state index contributed by atoms with van der Waals surface area (Å²) in [6.45, 7) is 7.26. The molecule has 21 heavy (non-hydrogen) atoms. The van der Waals surface area contributed by atoms with Crippen LogP contribution in [0.1, 0.15) is 19.7 Å². The van der Waals surface area contributed by atoms with E-state index in [9.17, 15) is 0 Å². The zero-order chi connectivity index (χ0) is 15.0. The van der Waals surface area contributed by atoms with Gasteiger partial charge in [-0.1, -0.05) is 26.0 Å². The number of benzene rings is 1. The summed E-state index contributed by atoms with van der Waals surface area (Å²) in [6, 6.07) is 10.1. The lowest BCUT2D eigenvalue weighted by molar-refractivity contribution is 0.518. The van der Waals surface area contributed by atoms with E-state index in [-0.39, 0.29) is 0 Å². The van der Waals surface area contributed by atoms with Crippen LogP contribution in [0.3, 0.4) is 0 Å². The maximum atomic E-state index is 6.31. The van der Waals surface area contributed by atoms with Gasteiger partial charge in [0.05, 0.1) is 5.52 Å². The Balaban J connectivity index is 2.10. The highest BCUT2D eigenvalue weighted by molar-refractivity contribution is 5.85. The van der Waals surface area contributed by atoms with Crippen molar-refractivity contribution in [2.24, 2.45) is 5.92 Å². The van der Waals surface area contributed by atoms with E-state index >= 15 is 0 Å². The number of aryl methyl sites for hydroxylation is 1. The van der Waals surface area contributed by atoms with Crippen molar-refractivity contribution >= 4 is 16.7 Å². The first-order chi connectivity index (χ1) is 10.1. The standard InChI is InChI=1S/C17H20N4/c1-11(2)10-21-12(3)20-16(17(21)18)14-6-7-15-13(9-14)5-4-8-19-15/h4-9,11H,10,18H2,1-3H3. The largest absolute Gasteiger partial charge is 0.383 e. The Morgan fingerprint density at radius 3 is 2.81 bits per heavy atom. The molecular formula is C17H20N4. The van der Waals surface area contributed by atoms with Gasteiger partial charge in [-0.2, -0.15) is 0 Å². The summed E-state index contributed by atoms with van der Waals surface area (Å²) in [7, 11) is 0. The first-order valence-electron chi connectivity index (χ1n) is 7.24. The van der Waals surface area contributed by atoms with Crippen molar-refractivity contribution in [1.82, 2.24) is 14.5 Å². The number of fused-ring (bicyclic) bond motifs is 1. The highest BCUT2D eigenvalue weighted by Gasteiger charge is 2.14. The first kappa shape index (κ1) is 13.6. The summed E-state index contributed by atoms with van der Waals surface area (Å²) < 4.78 is 2.09. The van der Waals surface area contributed by atoms with E-state index in [4.69, 9.17) is 5.73 Å². The minimum absolute atomic E-state index is 0.536. The van der Waals surface area contributed by atoms with Crippen LogP contribution >= 0.6 is 0 Å². The third-order valence-corrected chi connectivity index (χ3v) is 3.62. The third kappa shape index (κ3) is 2.49. The minimum Gasteiger partial charge on any atom is -0.383 e. The molecule has 2 N–H and O–H groups in total. The Kier molecular flexibility index (Phi) is 3.37. The number of imidazole rings is 1. The van der Waals surface area contributed by atoms with Crippen molar-refractivity contribution in [2.45, 2.75) is 27.3 Å². The number of hydrogen-bond donors (Lipinski definition) is 1. The molecule has 0 amide bonds. The van der Waals surface area contributed by atoms with Crippen LogP contribution in [0.4, 0.5) is 5.82 Å². The van der Waals surface area contributed by atoms with Crippen LogP contribution in [-0.4, -0.2) is 14.5 Å². The maximum absolute atomic E-state index is 6.31. The zero-order valence-corrected chi connectivity index (χ0v) is 12.7. The second-order valence-electron chi connectivity index (χ2n) is 5.81. The van der Waals surface area contributed by atoms with Gasteiger partial charge in [-0.15, -0.1) is 0 Å². The van der Waals surface area contributed by atoms with Crippen molar-refractivity contribution in [3.63, 3.8) is 0 Å². The molecule has 2 aromatic heterocycles. The Morgan fingerprint density at radius 1 is 1.24 bits per heavy atom. The lowest BCUT2D eigenvalue weighted by Crippen LogP contribution is -2.09. The number of rotatable bonds is 3. The van der Waals surface area contributed by atoms with Gasteiger partial charge >= 0.3 is 0 Å². The van der Waals surface area contributed by atoms with Gasteiger partial charge in [0.1, 0.15) is 17.3 Å². The lowest BCUT2D eigenvalue weighted by atomic mass is 10.1. The number of aromatic nitrogens is 3. The van der Waals surface area contributed by atoms with E-state index in [2.05, 4.69) is 40.5 Å². The number of nitrogens with two attached hydrogens (primary N) is 1. The molecule has 0 unspecified atom stereocenters. The molecule has 0 aliphatic rings. The molecule has 0 fully saturated rings. The molecule has 0 saturated carbocycles. The maximum Gasteiger partial charge on any atom is 0.131 e. The van der Waals surface area contributed by atoms with Gasteiger partial charge in [0.15, 0.2) is 0 Å². The van der Waals surface area contributed by atoms with Crippen molar-refractivity contribution in [3.05, 3.63) is 42.4 Å². The third-order valence-electron chi connectivity index (χ3n) is 3.62. The summed E-state index contributed by atoms with van der Waals surface area (Å²) in [6.07, 6.45) is 1.80. The van der Waals surface area contributed by atoms with Gasteiger partial charge in [-0.3, -0.25) is 4.98 Å². The van der Waals surface area contributed by atoms with Crippen molar-refractivity contribution < 1.29 is 0 Å². The molecule has 0 radical (unpaired) electrons. The number of hydrogen-bond acceptors (Lipinski definition) is 3. The molecule has 2 heterocycles. The zero-order valence-electron chi connectivity index (χ0n) is 12.7. The van der Waals surface area contributed by atoms with Crippen LogP contribution in [0, 0.1) is 12.8 Å². The lowest BCUT2D eigenvalue weighted by Gasteiger charge is -2.10. The van der Waals surface area contributed by atoms with Crippen LogP contribution in [-0.2, 0) is 6.54 Å². The fraction of sp³-hybridized carbons (Fsp3) is 0.294. The topological polar surface area (TPSA) is 56.7 Å². The van der Waals surface area contributed by atoms with Crippen LogP contribution in [0.5, 0.6) is 0 Å². The molecule has 0 bridgehead atoms. The van der Waals surface area contributed by atoms with Crippen molar-refractivity contribution in [3.8, 4) is 11.3 Å². The molecule has 0 aliphatic heterocycles. The average Bonchev–Trinajstić information content (AvgIpc) is 2.74. The van der Waals surface area contributed by atoms with Crippen molar-refractivity contribution in [1.29, 1.82) is 0 Å². The van der Waals surface area contributed by atoms with Gasteiger partial charge in [-0.05, 0) is 31.0 Å². The molecule has 108 valence electrons. The normalized spacial score (nSPS) is 11.4. The fourth-order valence-electron chi connectivity index (χ4n) is 2.61. The Labute approximate surface area is 124 Å². The van der Waals surface area contributed by atoms with Crippen molar-refractivity contribution in [2.75, 3.05) is 5.73 Å². The summed E-state index contributed by atoms with van der Waals surface area (Å²) in [5.74, 6) is 2.24. The van der Waals surface area contributed by atoms with Gasteiger partial charge in [-0.25, -0.2) is 4.98 Å². The number of pyridine rings is 1.